The van der Waals surface area contributed by atoms with Gasteiger partial charge in [0.25, 0.3) is 0 Å². The fraction of sp³-hybridized carbons (Fsp3) is 0.524. The van der Waals surface area contributed by atoms with Crippen molar-refractivity contribution in [2.75, 3.05) is 37.3 Å². The van der Waals surface area contributed by atoms with Crippen molar-refractivity contribution in [2.45, 2.75) is 32.3 Å². The lowest BCUT2D eigenvalue weighted by molar-refractivity contribution is 0.201. The zero-order valence-electron chi connectivity index (χ0n) is 17.7. The first kappa shape index (κ1) is 21.8. The average molecular weight is 451 g/mol. The van der Waals surface area contributed by atoms with Crippen LogP contribution in [0.2, 0.25) is 0 Å². The molecule has 2 aromatic rings. The lowest BCUT2D eigenvalue weighted by atomic mass is 10.1. The summed E-state index contributed by atoms with van der Waals surface area (Å²) in [5.74, 6) is 0.254. The fourth-order valence-electron chi connectivity index (χ4n) is 4.25. The van der Waals surface area contributed by atoms with Crippen molar-refractivity contribution in [2.24, 2.45) is 5.92 Å². The van der Waals surface area contributed by atoms with E-state index in [-0.39, 0.29) is 11.9 Å². The Kier molecular flexibility index (Phi) is 6.02. The maximum absolute atomic E-state index is 13.7. The van der Waals surface area contributed by atoms with Crippen molar-refractivity contribution < 1.29 is 17.5 Å². The summed E-state index contributed by atoms with van der Waals surface area (Å²) < 4.78 is 46.1. The predicted octanol–water partition coefficient (Wildman–Crippen LogP) is 2.02. The third kappa shape index (κ3) is 4.74. The van der Waals surface area contributed by atoms with Crippen LogP contribution >= 0.6 is 0 Å². The topological polar surface area (TPSA) is 84.7 Å². The van der Waals surface area contributed by atoms with Crippen LogP contribution in [0, 0.1) is 11.7 Å². The third-order valence-electron chi connectivity index (χ3n) is 5.95. The van der Waals surface area contributed by atoms with E-state index in [9.17, 15) is 17.6 Å². The number of hydrogen-bond donors (Lipinski definition) is 0. The number of ether oxygens (including phenoxy) is 1. The molecule has 2 unspecified atom stereocenters. The lowest BCUT2D eigenvalue weighted by Crippen LogP contribution is -2.49. The average Bonchev–Trinajstić information content (AvgIpc) is 3.13. The van der Waals surface area contributed by atoms with Crippen molar-refractivity contribution in [3.05, 3.63) is 46.6 Å². The molecule has 8 nitrogen and oxygen atoms in total. The molecule has 1 aliphatic heterocycles. The zero-order chi connectivity index (χ0) is 22.2. The summed E-state index contributed by atoms with van der Waals surface area (Å²) in [6, 6.07) is 5.70. The first-order valence-electron chi connectivity index (χ1n) is 10.5. The Balaban J connectivity index is 1.69. The van der Waals surface area contributed by atoms with Gasteiger partial charge in [0.2, 0.25) is 15.8 Å². The quantitative estimate of drug-likeness (QED) is 0.693. The van der Waals surface area contributed by atoms with Gasteiger partial charge in [0.1, 0.15) is 11.5 Å². The molecule has 0 spiro atoms. The summed E-state index contributed by atoms with van der Waals surface area (Å²) in [7, 11) is -3.26. The number of anilines is 1. The second-order valence-electron chi connectivity index (χ2n) is 8.36. The lowest BCUT2D eigenvalue weighted by Gasteiger charge is -2.35. The minimum atomic E-state index is -3.26. The number of sulfonamides is 1. The molecule has 4 rings (SSSR count). The van der Waals surface area contributed by atoms with E-state index < -0.39 is 21.4 Å². The van der Waals surface area contributed by atoms with Gasteiger partial charge in [0.15, 0.2) is 0 Å². The van der Waals surface area contributed by atoms with Crippen LogP contribution in [0.4, 0.5) is 10.1 Å². The second-order valence-corrected chi connectivity index (χ2v) is 10.3. The molecule has 2 heterocycles. The van der Waals surface area contributed by atoms with Crippen molar-refractivity contribution >= 4 is 15.7 Å². The minimum Gasteiger partial charge on any atom is -0.483 e. The highest BCUT2D eigenvalue weighted by Crippen LogP contribution is 2.32. The summed E-state index contributed by atoms with van der Waals surface area (Å²) in [5.41, 5.74) is 0.418. The maximum atomic E-state index is 13.7. The molecule has 0 amide bonds. The van der Waals surface area contributed by atoms with Gasteiger partial charge in [-0.3, -0.25) is 4.79 Å². The monoisotopic (exact) mass is 450 g/mol. The normalized spacial score (nSPS) is 22.6. The van der Waals surface area contributed by atoms with Crippen molar-refractivity contribution in [3.63, 3.8) is 0 Å². The molecule has 1 aliphatic carbocycles. The summed E-state index contributed by atoms with van der Waals surface area (Å²) >= 11 is 0. The molecule has 2 atom stereocenters. The molecule has 0 bridgehead atoms. The maximum Gasteiger partial charge on any atom is 0.316 e. The van der Waals surface area contributed by atoms with Gasteiger partial charge in [-0.1, -0.05) is 13.0 Å². The molecular formula is C21H27FN4O4S. The van der Waals surface area contributed by atoms with Gasteiger partial charge in [-0.2, -0.15) is 14.1 Å². The molecule has 168 valence electrons. The van der Waals surface area contributed by atoms with Gasteiger partial charge >= 0.3 is 5.56 Å². The number of benzene rings is 1. The van der Waals surface area contributed by atoms with E-state index in [0.717, 1.165) is 23.9 Å². The largest absolute Gasteiger partial charge is 0.483 e. The molecule has 2 aliphatic rings. The van der Waals surface area contributed by atoms with E-state index >= 15 is 0 Å². The van der Waals surface area contributed by atoms with Crippen LogP contribution in [0.3, 0.4) is 0 Å². The van der Waals surface area contributed by atoms with Crippen molar-refractivity contribution in [3.8, 4) is 11.4 Å². The van der Waals surface area contributed by atoms with Crippen LogP contribution in [0.1, 0.15) is 26.2 Å². The van der Waals surface area contributed by atoms with Crippen LogP contribution in [0.25, 0.3) is 5.69 Å². The first-order valence-corrected chi connectivity index (χ1v) is 12.3. The van der Waals surface area contributed by atoms with Gasteiger partial charge in [-0.15, -0.1) is 0 Å². The van der Waals surface area contributed by atoms with Crippen molar-refractivity contribution in [1.82, 2.24) is 14.1 Å². The molecule has 10 heteroatoms. The van der Waals surface area contributed by atoms with Gasteiger partial charge < -0.3 is 9.64 Å². The van der Waals surface area contributed by atoms with Crippen LogP contribution in [0.5, 0.6) is 5.75 Å². The smallest absolute Gasteiger partial charge is 0.316 e. The Morgan fingerprint density at radius 1 is 1.16 bits per heavy atom. The Morgan fingerprint density at radius 3 is 2.52 bits per heavy atom. The zero-order valence-corrected chi connectivity index (χ0v) is 18.5. The Morgan fingerprint density at radius 2 is 1.90 bits per heavy atom. The summed E-state index contributed by atoms with van der Waals surface area (Å²) in [4.78, 5) is 15.3. The standard InChI is InChI=1S/C21H27FN4O4S/c1-15-6-7-18(12-15)30-20-19(24-8-10-25(11-9-24)31(2,28)29)14-23-26(21(20)27)17-5-3-4-16(22)13-17/h3-5,13-15,18H,6-12H2,1-2H3. The minimum absolute atomic E-state index is 0.0675. The number of rotatable bonds is 5. The molecule has 1 saturated carbocycles. The fourth-order valence-corrected chi connectivity index (χ4v) is 5.07. The van der Waals surface area contributed by atoms with E-state index in [1.54, 1.807) is 12.3 Å². The predicted molar refractivity (Wildman–Crippen MR) is 116 cm³/mol. The van der Waals surface area contributed by atoms with Crippen LogP contribution in [-0.4, -0.2) is 61.0 Å². The van der Waals surface area contributed by atoms with Crippen LogP contribution in [-0.2, 0) is 10.0 Å². The number of nitrogens with zero attached hydrogens (tertiary/aromatic N) is 4. The highest BCUT2D eigenvalue weighted by atomic mass is 32.2. The number of piperazine rings is 1. The Bertz CT molecular complexity index is 1110. The molecule has 1 saturated heterocycles. The van der Waals surface area contributed by atoms with E-state index in [1.165, 1.54) is 28.8 Å². The molecule has 31 heavy (non-hydrogen) atoms. The van der Waals surface area contributed by atoms with E-state index in [2.05, 4.69) is 12.0 Å². The van der Waals surface area contributed by atoms with Crippen LogP contribution in [0.15, 0.2) is 35.3 Å². The molecule has 2 fully saturated rings. The van der Waals surface area contributed by atoms with E-state index in [1.807, 2.05) is 4.90 Å². The highest BCUT2D eigenvalue weighted by molar-refractivity contribution is 7.88. The third-order valence-corrected chi connectivity index (χ3v) is 7.25. The number of aromatic nitrogens is 2. The van der Waals surface area contributed by atoms with Gasteiger partial charge in [0, 0.05) is 26.2 Å². The van der Waals surface area contributed by atoms with E-state index in [4.69, 9.17) is 4.74 Å². The number of halogens is 1. The summed E-state index contributed by atoms with van der Waals surface area (Å²) in [5, 5.41) is 4.27. The molecule has 0 N–H and O–H groups in total. The van der Waals surface area contributed by atoms with Gasteiger partial charge in [-0.25, -0.2) is 12.8 Å². The molecular weight excluding hydrogens is 423 g/mol. The summed E-state index contributed by atoms with van der Waals surface area (Å²) in [6.07, 6.45) is 5.45. The molecule has 0 radical (unpaired) electrons. The molecule has 1 aromatic heterocycles. The van der Waals surface area contributed by atoms with Crippen LogP contribution < -0.4 is 15.2 Å². The first-order chi connectivity index (χ1) is 14.7. The second kappa shape index (κ2) is 8.58. The Labute approximate surface area is 181 Å². The van der Waals surface area contributed by atoms with Crippen molar-refractivity contribution in [1.29, 1.82) is 0 Å². The van der Waals surface area contributed by atoms with Gasteiger partial charge in [-0.05, 0) is 43.4 Å². The van der Waals surface area contributed by atoms with Gasteiger partial charge in [0.05, 0.1) is 24.2 Å². The highest BCUT2D eigenvalue weighted by Gasteiger charge is 2.30. The van der Waals surface area contributed by atoms with E-state index in [0.29, 0.717) is 43.5 Å². The number of hydrogen-bond acceptors (Lipinski definition) is 6. The summed E-state index contributed by atoms with van der Waals surface area (Å²) in [6.45, 7) is 3.66. The SMILES string of the molecule is CC1CCC(Oc2c(N3CCN(S(C)(=O)=O)CC3)cnn(-c3cccc(F)c3)c2=O)C1. The molecule has 1 aromatic carbocycles. The Hall–Kier alpha value is -2.46.